The van der Waals surface area contributed by atoms with Crippen LogP contribution in [0.3, 0.4) is 0 Å². The second-order valence-electron chi connectivity index (χ2n) is 5.06. The van der Waals surface area contributed by atoms with Crippen molar-refractivity contribution in [1.82, 2.24) is 5.32 Å². The molecule has 1 aliphatic carbocycles. The molecular weight excluding hydrogens is 253 g/mol. The Kier molecular flexibility index (Phi) is 3.91. The molecule has 2 rings (SSSR count). The predicted octanol–water partition coefficient (Wildman–Crippen LogP) is 3.79. The van der Waals surface area contributed by atoms with E-state index in [1.54, 1.807) is 0 Å². The van der Waals surface area contributed by atoms with Crippen LogP contribution >= 0.6 is 11.6 Å². The average Bonchev–Trinajstić information content (AvgIpc) is 3.10. The fourth-order valence-electron chi connectivity index (χ4n) is 2.26. The van der Waals surface area contributed by atoms with Crippen LogP contribution in [0.2, 0.25) is 5.02 Å². The smallest absolute Gasteiger partial charge is 0.254 e. The van der Waals surface area contributed by atoms with Crippen LogP contribution in [0.1, 0.15) is 43.0 Å². The summed E-state index contributed by atoms with van der Waals surface area (Å²) in [5.41, 5.74) is 0.286. The number of nitrogens with one attached hydrogen (secondary N) is 1. The molecule has 0 atom stereocenters. The van der Waals surface area contributed by atoms with Crippen molar-refractivity contribution in [2.75, 3.05) is 6.54 Å². The van der Waals surface area contributed by atoms with E-state index in [1.807, 2.05) is 0 Å². The van der Waals surface area contributed by atoms with Crippen molar-refractivity contribution in [2.24, 2.45) is 5.41 Å². The minimum absolute atomic E-state index is 0.0230. The molecule has 1 aromatic carbocycles. The van der Waals surface area contributed by atoms with Crippen molar-refractivity contribution in [2.45, 2.75) is 32.6 Å². The Hall–Kier alpha value is -1.09. The van der Waals surface area contributed by atoms with Gasteiger partial charge in [-0.15, -0.1) is 0 Å². The largest absolute Gasteiger partial charge is 0.351 e. The third-order valence-corrected chi connectivity index (χ3v) is 3.77. The highest BCUT2D eigenvalue weighted by molar-refractivity contribution is 6.30. The lowest BCUT2D eigenvalue weighted by molar-refractivity contribution is 0.0939. The lowest BCUT2D eigenvalue weighted by Crippen LogP contribution is -2.30. The molecule has 18 heavy (non-hydrogen) atoms. The number of hydrogen-bond acceptors (Lipinski definition) is 1. The number of benzene rings is 1. The maximum absolute atomic E-state index is 13.5. The van der Waals surface area contributed by atoms with Crippen LogP contribution in [0.15, 0.2) is 18.2 Å². The second kappa shape index (κ2) is 5.27. The van der Waals surface area contributed by atoms with Gasteiger partial charge >= 0.3 is 0 Å². The highest BCUT2D eigenvalue weighted by Crippen LogP contribution is 2.48. The van der Waals surface area contributed by atoms with Crippen molar-refractivity contribution in [3.63, 3.8) is 0 Å². The minimum Gasteiger partial charge on any atom is -0.351 e. The summed E-state index contributed by atoms with van der Waals surface area (Å²) in [6, 6.07) is 4.02. The quantitative estimate of drug-likeness (QED) is 0.866. The van der Waals surface area contributed by atoms with Gasteiger partial charge in [-0.1, -0.05) is 24.9 Å². The number of rotatable bonds is 5. The molecule has 1 aliphatic rings. The Morgan fingerprint density at radius 2 is 2.22 bits per heavy atom. The fourth-order valence-corrected chi connectivity index (χ4v) is 2.43. The first-order chi connectivity index (χ1) is 8.56. The number of hydrogen-bond donors (Lipinski definition) is 1. The van der Waals surface area contributed by atoms with Gasteiger partial charge in [-0.25, -0.2) is 4.39 Å². The van der Waals surface area contributed by atoms with Crippen LogP contribution < -0.4 is 5.32 Å². The molecule has 0 aromatic heterocycles. The van der Waals surface area contributed by atoms with Crippen LogP contribution in [0.5, 0.6) is 0 Å². The highest BCUT2D eigenvalue weighted by Gasteiger charge is 2.41. The van der Waals surface area contributed by atoms with E-state index in [0.29, 0.717) is 11.6 Å². The van der Waals surface area contributed by atoms with Crippen LogP contribution in [0.4, 0.5) is 4.39 Å². The summed E-state index contributed by atoms with van der Waals surface area (Å²) in [7, 11) is 0. The first-order valence-electron chi connectivity index (χ1n) is 6.29. The van der Waals surface area contributed by atoms with Gasteiger partial charge in [0.1, 0.15) is 5.82 Å². The third-order valence-electron chi connectivity index (χ3n) is 3.53. The van der Waals surface area contributed by atoms with Crippen LogP contribution in [-0.2, 0) is 0 Å². The highest BCUT2D eigenvalue weighted by atomic mass is 35.5. The summed E-state index contributed by atoms with van der Waals surface area (Å²) >= 11 is 5.77. The second-order valence-corrected chi connectivity index (χ2v) is 5.49. The van der Waals surface area contributed by atoms with Gasteiger partial charge in [-0.2, -0.15) is 0 Å². The molecule has 0 unspecified atom stereocenters. The molecule has 0 bridgehead atoms. The number of halogens is 2. The minimum atomic E-state index is -0.530. The lowest BCUT2D eigenvalue weighted by atomic mass is 10.0. The van der Waals surface area contributed by atoms with Gasteiger partial charge in [0.25, 0.3) is 5.91 Å². The summed E-state index contributed by atoms with van der Waals surface area (Å²) in [6.07, 6.45) is 4.53. The summed E-state index contributed by atoms with van der Waals surface area (Å²) in [5.74, 6) is -0.908. The average molecular weight is 270 g/mol. The summed E-state index contributed by atoms with van der Waals surface area (Å²) in [5, 5.41) is 3.19. The molecule has 1 amide bonds. The normalized spacial score (nSPS) is 16.4. The van der Waals surface area contributed by atoms with Crippen molar-refractivity contribution < 1.29 is 9.18 Å². The van der Waals surface area contributed by atoms with Gasteiger partial charge in [-0.05, 0) is 42.9 Å². The molecule has 0 spiro atoms. The zero-order valence-electron chi connectivity index (χ0n) is 10.4. The topological polar surface area (TPSA) is 29.1 Å². The van der Waals surface area contributed by atoms with E-state index in [2.05, 4.69) is 12.2 Å². The molecule has 0 radical (unpaired) electrons. The third kappa shape index (κ3) is 3.02. The maximum Gasteiger partial charge on any atom is 0.254 e. The monoisotopic (exact) mass is 269 g/mol. The Bertz CT molecular complexity index is 457. The summed E-state index contributed by atoms with van der Waals surface area (Å²) < 4.78 is 13.5. The Labute approximate surface area is 112 Å². The van der Waals surface area contributed by atoms with Crippen molar-refractivity contribution in [3.05, 3.63) is 34.6 Å². The molecule has 1 fully saturated rings. The van der Waals surface area contributed by atoms with Crippen molar-refractivity contribution in [1.29, 1.82) is 0 Å². The van der Waals surface area contributed by atoms with Crippen molar-refractivity contribution >= 4 is 17.5 Å². The Balaban J connectivity index is 1.98. The predicted molar refractivity (Wildman–Crippen MR) is 70.3 cm³/mol. The van der Waals surface area contributed by atoms with E-state index in [-0.39, 0.29) is 16.9 Å². The molecule has 0 heterocycles. The maximum atomic E-state index is 13.5. The van der Waals surface area contributed by atoms with E-state index in [0.717, 1.165) is 25.7 Å². The molecule has 1 saturated carbocycles. The first-order valence-corrected chi connectivity index (χ1v) is 6.67. The van der Waals surface area contributed by atoms with Crippen LogP contribution in [-0.4, -0.2) is 12.5 Å². The molecule has 2 nitrogen and oxygen atoms in total. The molecular formula is C14H17ClFNO. The van der Waals surface area contributed by atoms with Gasteiger partial charge in [-0.3, -0.25) is 4.79 Å². The first kappa shape index (κ1) is 13.3. The Morgan fingerprint density at radius 3 is 2.83 bits per heavy atom. The number of amides is 1. The molecule has 0 aliphatic heterocycles. The molecule has 98 valence electrons. The van der Waals surface area contributed by atoms with E-state index in [9.17, 15) is 9.18 Å². The van der Waals surface area contributed by atoms with E-state index in [1.165, 1.54) is 18.2 Å². The van der Waals surface area contributed by atoms with Gasteiger partial charge in [0.05, 0.1) is 5.56 Å². The number of carbonyl (C=O) groups is 1. The standard InChI is InChI=1S/C14H17ClFNO/c1-2-5-14(6-7-14)9-17-13(18)11-8-10(15)3-4-12(11)16/h3-4,8H,2,5-7,9H2,1H3,(H,17,18). The van der Waals surface area contributed by atoms with Gasteiger partial charge in [0, 0.05) is 11.6 Å². The van der Waals surface area contributed by atoms with Crippen LogP contribution in [0.25, 0.3) is 0 Å². The van der Waals surface area contributed by atoms with Crippen LogP contribution in [0, 0.1) is 11.2 Å². The SMILES string of the molecule is CCCC1(CNC(=O)c2cc(Cl)ccc2F)CC1. The molecule has 4 heteroatoms. The Morgan fingerprint density at radius 1 is 1.50 bits per heavy atom. The number of carbonyl (C=O) groups excluding carboxylic acids is 1. The van der Waals surface area contributed by atoms with E-state index < -0.39 is 5.82 Å². The lowest BCUT2D eigenvalue weighted by Gasteiger charge is -2.15. The molecule has 1 aromatic rings. The van der Waals surface area contributed by atoms with Gasteiger partial charge in [0.2, 0.25) is 0 Å². The van der Waals surface area contributed by atoms with Crippen molar-refractivity contribution in [3.8, 4) is 0 Å². The zero-order valence-corrected chi connectivity index (χ0v) is 11.2. The summed E-state index contributed by atoms with van der Waals surface area (Å²) in [6.45, 7) is 2.77. The van der Waals surface area contributed by atoms with Gasteiger partial charge in [0.15, 0.2) is 0 Å². The van der Waals surface area contributed by atoms with E-state index in [4.69, 9.17) is 11.6 Å². The molecule has 1 N–H and O–H groups in total. The molecule has 0 saturated heterocycles. The van der Waals surface area contributed by atoms with E-state index >= 15 is 0 Å². The zero-order chi connectivity index (χ0) is 13.2. The fraction of sp³-hybridized carbons (Fsp3) is 0.500. The summed E-state index contributed by atoms with van der Waals surface area (Å²) in [4.78, 5) is 11.9. The van der Waals surface area contributed by atoms with Gasteiger partial charge < -0.3 is 5.32 Å².